The Labute approximate surface area is 147 Å². The molecule has 2 aromatic rings. The van der Waals surface area contributed by atoms with Crippen LogP contribution in [-0.4, -0.2) is 23.8 Å². The largest absolute Gasteiger partial charge is 0.431 e. The van der Waals surface area contributed by atoms with Gasteiger partial charge >= 0.3 is 6.18 Å². The number of hydrogen-bond donors (Lipinski definition) is 1. The molecule has 1 amide bonds. The molecule has 0 radical (unpaired) electrons. The zero-order chi connectivity index (χ0) is 18.9. The van der Waals surface area contributed by atoms with Crippen LogP contribution in [0.4, 0.5) is 28.9 Å². The molecular formula is C18H15F4N3O. The molecule has 0 fully saturated rings. The highest BCUT2D eigenvalue weighted by atomic mass is 19.4. The SMILES string of the molecule is Cc1ccc(NC(=O)C2CC(C(F)(F)F)=NN2c2ccccc2)c(F)c1. The van der Waals surface area contributed by atoms with Gasteiger partial charge in [-0.3, -0.25) is 9.80 Å². The van der Waals surface area contributed by atoms with E-state index in [1.807, 2.05) is 0 Å². The Morgan fingerprint density at radius 2 is 1.88 bits per heavy atom. The summed E-state index contributed by atoms with van der Waals surface area (Å²) in [6, 6.07) is 11.0. The first-order valence-electron chi connectivity index (χ1n) is 7.81. The average Bonchev–Trinajstić information content (AvgIpc) is 3.04. The van der Waals surface area contributed by atoms with E-state index in [-0.39, 0.29) is 5.69 Å². The van der Waals surface area contributed by atoms with E-state index in [1.54, 1.807) is 43.3 Å². The van der Waals surface area contributed by atoms with Gasteiger partial charge in [0.15, 0.2) is 0 Å². The number of halogens is 4. The van der Waals surface area contributed by atoms with E-state index in [9.17, 15) is 22.4 Å². The van der Waals surface area contributed by atoms with Gasteiger partial charge in [-0.05, 0) is 36.8 Å². The van der Waals surface area contributed by atoms with Gasteiger partial charge in [0.1, 0.15) is 17.6 Å². The Balaban J connectivity index is 1.88. The predicted octanol–water partition coefficient (Wildman–Crippen LogP) is 4.27. The first-order valence-corrected chi connectivity index (χ1v) is 7.81. The van der Waals surface area contributed by atoms with E-state index in [4.69, 9.17) is 0 Å². The van der Waals surface area contributed by atoms with E-state index < -0.39 is 36.1 Å². The number of aryl methyl sites for hydroxylation is 1. The fraction of sp³-hybridized carbons (Fsp3) is 0.222. The van der Waals surface area contributed by atoms with Crippen molar-refractivity contribution < 1.29 is 22.4 Å². The second kappa shape index (κ2) is 6.78. The molecule has 136 valence electrons. The number of alkyl halides is 3. The summed E-state index contributed by atoms with van der Waals surface area (Å²) in [4.78, 5) is 12.5. The van der Waals surface area contributed by atoms with Crippen molar-refractivity contribution in [2.24, 2.45) is 5.10 Å². The molecule has 1 aliphatic rings. The molecule has 0 aromatic heterocycles. The normalized spacial score (nSPS) is 17.2. The summed E-state index contributed by atoms with van der Waals surface area (Å²) in [5.74, 6) is -1.42. The third-order valence-corrected chi connectivity index (χ3v) is 3.94. The molecule has 0 spiro atoms. The number of rotatable bonds is 3. The van der Waals surface area contributed by atoms with Crippen LogP contribution in [0.25, 0.3) is 0 Å². The van der Waals surface area contributed by atoms with Crippen molar-refractivity contribution in [1.82, 2.24) is 0 Å². The van der Waals surface area contributed by atoms with Crippen LogP contribution in [0.15, 0.2) is 53.6 Å². The number of hydrazone groups is 1. The van der Waals surface area contributed by atoms with Crippen molar-refractivity contribution in [2.75, 3.05) is 10.3 Å². The number of nitrogens with one attached hydrogen (secondary N) is 1. The third-order valence-electron chi connectivity index (χ3n) is 3.94. The highest BCUT2D eigenvalue weighted by molar-refractivity contribution is 6.04. The standard InChI is InChI=1S/C18H15F4N3O/c1-11-7-8-14(13(19)9-11)23-17(26)15-10-16(18(20,21)22)24-25(15)12-5-3-2-4-6-12/h2-9,15H,10H2,1H3,(H,23,26). The van der Waals surface area contributed by atoms with Crippen LogP contribution in [0.2, 0.25) is 0 Å². The van der Waals surface area contributed by atoms with Crippen LogP contribution < -0.4 is 10.3 Å². The first-order chi connectivity index (χ1) is 12.3. The first kappa shape index (κ1) is 17.9. The van der Waals surface area contributed by atoms with E-state index in [0.717, 1.165) is 5.01 Å². The molecule has 2 aromatic carbocycles. The molecule has 1 heterocycles. The van der Waals surface area contributed by atoms with Crippen molar-refractivity contribution in [2.45, 2.75) is 25.6 Å². The minimum atomic E-state index is -4.64. The Morgan fingerprint density at radius 3 is 2.50 bits per heavy atom. The van der Waals surface area contributed by atoms with E-state index >= 15 is 0 Å². The Bertz CT molecular complexity index is 849. The van der Waals surface area contributed by atoms with Gasteiger partial charge in [-0.2, -0.15) is 18.3 Å². The van der Waals surface area contributed by atoms with E-state index in [0.29, 0.717) is 11.3 Å². The zero-order valence-electron chi connectivity index (χ0n) is 13.7. The van der Waals surface area contributed by atoms with Crippen molar-refractivity contribution in [3.8, 4) is 0 Å². The van der Waals surface area contributed by atoms with Gasteiger partial charge in [0.2, 0.25) is 5.91 Å². The third kappa shape index (κ3) is 3.68. The fourth-order valence-corrected chi connectivity index (χ4v) is 2.64. The number of benzene rings is 2. The van der Waals surface area contributed by atoms with Gasteiger partial charge in [0, 0.05) is 6.42 Å². The van der Waals surface area contributed by atoms with Crippen LogP contribution in [-0.2, 0) is 4.79 Å². The molecule has 4 nitrogen and oxygen atoms in total. The van der Waals surface area contributed by atoms with Crippen LogP contribution in [0.1, 0.15) is 12.0 Å². The smallest absolute Gasteiger partial charge is 0.322 e. The maximum atomic E-state index is 13.9. The Morgan fingerprint density at radius 1 is 1.19 bits per heavy atom. The second-order valence-corrected chi connectivity index (χ2v) is 5.92. The molecule has 1 atom stereocenters. The molecule has 1 aliphatic heterocycles. The maximum Gasteiger partial charge on any atom is 0.431 e. The van der Waals surface area contributed by atoms with E-state index in [1.165, 1.54) is 12.1 Å². The summed E-state index contributed by atoms with van der Waals surface area (Å²) >= 11 is 0. The molecule has 0 bridgehead atoms. The van der Waals surface area contributed by atoms with Crippen molar-refractivity contribution in [1.29, 1.82) is 0 Å². The topological polar surface area (TPSA) is 44.7 Å². The van der Waals surface area contributed by atoms with E-state index in [2.05, 4.69) is 10.4 Å². The number of nitrogens with zero attached hydrogens (tertiary/aromatic N) is 2. The van der Waals surface area contributed by atoms with Gasteiger partial charge in [0.05, 0.1) is 11.4 Å². The van der Waals surface area contributed by atoms with Gasteiger partial charge < -0.3 is 5.32 Å². The lowest BCUT2D eigenvalue weighted by molar-refractivity contribution is -0.117. The summed E-state index contributed by atoms with van der Waals surface area (Å²) in [6.07, 6.45) is -5.26. The fourth-order valence-electron chi connectivity index (χ4n) is 2.64. The number of anilines is 2. The molecule has 3 rings (SSSR count). The average molecular weight is 365 g/mol. The number of amides is 1. The lowest BCUT2D eigenvalue weighted by Crippen LogP contribution is -2.39. The van der Waals surface area contributed by atoms with Gasteiger partial charge in [-0.25, -0.2) is 4.39 Å². The van der Waals surface area contributed by atoms with Crippen molar-refractivity contribution in [3.63, 3.8) is 0 Å². The minimum Gasteiger partial charge on any atom is -0.322 e. The number of carbonyl (C=O) groups excluding carboxylic acids is 1. The van der Waals surface area contributed by atoms with Crippen LogP contribution in [0, 0.1) is 12.7 Å². The van der Waals surface area contributed by atoms with Gasteiger partial charge in [0.25, 0.3) is 0 Å². The Hall–Kier alpha value is -2.90. The minimum absolute atomic E-state index is 0.0888. The monoisotopic (exact) mass is 365 g/mol. The maximum absolute atomic E-state index is 13.9. The van der Waals surface area contributed by atoms with Gasteiger partial charge in [-0.15, -0.1) is 0 Å². The highest BCUT2D eigenvalue weighted by Gasteiger charge is 2.45. The number of para-hydroxylation sites is 1. The predicted molar refractivity (Wildman–Crippen MR) is 90.6 cm³/mol. The van der Waals surface area contributed by atoms with Crippen LogP contribution in [0.3, 0.4) is 0 Å². The molecular weight excluding hydrogens is 350 g/mol. The number of carbonyl (C=O) groups is 1. The lowest BCUT2D eigenvalue weighted by Gasteiger charge is -2.22. The van der Waals surface area contributed by atoms with Crippen LogP contribution >= 0.6 is 0 Å². The van der Waals surface area contributed by atoms with Gasteiger partial charge in [-0.1, -0.05) is 24.3 Å². The van der Waals surface area contributed by atoms with Crippen LogP contribution in [0.5, 0.6) is 0 Å². The number of hydrogen-bond acceptors (Lipinski definition) is 3. The molecule has 8 heteroatoms. The van der Waals surface area contributed by atoms with Crippen molar-refractivity contribution in [3.05, 3.63) is 59.9 Å². The molecule has 1 N–H and O–H groups in total. The van der Waals surface area contributed by atoms with Crippen molar-refractivity contribution >= 4 is 23.0 Å². The summed E-state index contributed by atoms with van der Waals surface area (Å²) in [5.41, 5.74) is -0.133. The summed E-state index contributed by atoms with van der Waals surface area (Å²) in [6.45, 7) is 1.69. The summed E-state index contributed by atoms with van der Waals surface area (Å²) in [7, 11) is 0. The quantitative estimate of drug-likeness (QED) is 0.826. The zero-order valence-corrected chi connectivity index (χ0v) is 13.7. The highest BCUT2D eigenvalue weighted by Crippen LogP contribution is 2.32. The summed E-state index contributed by atoms with van der Waals surface area (Å²) in [5, 5.41) is 6.95. The lowest BCUT2D eigenvalue weighted by atomic mass is 10.1. The molecule has 0 saturated carbocycles. The second-order valence-electron chi connectivity index (χ2n) is 5.92. The summed E-state index contributed by atoms with van der Waals surface area (Å²) < 4.78 is 53.2. The Kier molecular flexibility index (Phi) is 4.67. The molecule has 1 unspecified atom stereocenters. The molecule has 26 heavy (non-hydrogen) atoms. The molecule has 0 aliphatic carbocycles. The molecule has 0 saturated heterocycles.